The number of rotatable bonds is 6. The molecule has 0 aliphatic heterocycles. The number of nitrogens with zero attached hydrogens (tertiary/aromatic N) is 2. The predicted octanol–water partition coefficient (Wildman–Crippen LogP) is 2.81. The Bertz CT molecular complexity index is 893. The van der Waals surface area contributed by atoms with Crippen LogP contribution in [0.15, 0.2) is 58.3 Å². The van der Waals surface area contributed by atoms with E-state index in [0.717, 1.165) is 18.5 Å². The van der Waals surface area contributed by atoms with Gasteiger partial charge in [0, 0.05) is 26.2 Å². The Kier molecular flexibility index (Phi) is 5.95. The number of aryl methyl sites for hydroxylation is 2. The molecule has 2 aromatic carbocycles. The summed E-state index contributed by atoms with van der Waals surface area (Å²) in [5.74, 6) is 0. The predicted molar refractivity (Wildman–Crippen MR) is 99.8 cm³/mol. The first-order valence-electron chi connectivity index (χ1n) is 7.34. The van der Waals surface area contributed by atoms with Gasteiger partial charge in [-0.3, -0.25) is 0 Å². The number of hydrogen-bond donors (Lipinski definition) is 0. The zero-order valence-electron chi connectivity index (χ0n) is 14.4. The Balaban J connectivity index is 2.26. The first-order chi connectivity index (χ1) is 11.5. The van der Waals surface area contributed by atoms with Crippen molar-refractivity contribution in [3.05, 3.63) is 59.7 Å². The SMILES string of the molecule is Cc1cccc(S(=O)(=O)N(C)SN(C)S(=O)(=O)c2cccc(C)c2)c1. The molecule has 0 aliphatic rings. The third kappa shape index (κ3) is 4.42. The summed E-state index contributed by atoms with van der Waals surface area (Å²) in [5.41, 5.74) is 1.61. The summed E-state index contributed by atoms with van der Waals surface area (Å²) >= 11 is 0.606. The molecule has 25 heavy (non-hydrogen) atoms. The summed E-state index contributed by atoms with van der Waals surface area (Å²) in [6.45, 7) is 3.58. The van der Waals surface area contributed by atoms with E-state index in [0.29, 0.717) is 12.1 Å². The van der Waals surface area contributed by atoms with Crippen LogP contribution in [0.5, 0.6) is 0 Å². The smallest absolute Gasteiger partial charge is 0.206 e. The molecule has 0 unspecified atom stereocenters. The molecule has 136 valence electrons. The van der Waals surface area contributed by atoms with Crippen LogP contribution in [-0.2, 0) is 20.0 Å². The van der Waals surface area contributed by atoms with Gasteiger partial charge in [-0.05, 0) is 49.2 Å². The average Bonchev–Trinajstić information content (AvgIpc) is 2.54. The molecule has 0 bridgehead atoms. The van der Waals surface area contributed by atoms with Gasteiger partial charge in [0.15, 0.2) is 0 Å². The molecule has 0 amide bonds. The van der Waals surface area contributed by atoms with Crippen LogP contribution in [0.3, 0.4) is 0 Å². The zero-order chi connectivity index (χ0) is 18.8. The lowest BCUT2D eigenvalue weighted by Crippen LogP contribution is -2.29. The van der Waals surface area contributed by atoms with Crippen molar-refractivity contribution in [1.29, 1.82) is 0 Å². The van der Waals surface area contributed by atoms with Crippen molar-refractivity contribution in [2.75, 3.05) is 14.1 Å². The fraction of sp³-hybridized carbons (Fsp3) is 0.250. The minimum absolute atomic E-state index is 0.115. The van der Waals surface area contributed by atoms with Crippen molar-refractivity contribution in [2.45, 2.75) is 23.6 Å². The first-order valence-corrected chi connectivity index (χ1v) is 11.0. The summed E-state index contributed by atoms with van der Waals surface area (Å²) in [6, 6.07) is 12.9. The Labute approximate surface area is 153 Å². The summed E-state index contributed by atoms with van der Waals surface area (Å²) < 4.78 is 52.4. The van der Waals surface area contributed by atoms with Gasteiger partial charge >= 0.3 is 0 Å². The van der Waals surface area contributed by atoms with Gasteiger partial charge < -0.3 is 0 Å². The number of benzene rings is 2. The van der Waals surface area contributed by atoms with Gasteiger partial charge in [0.1, 0.15) is 0 Å². The molecule has 0 N–H and O–H groups in total. The molecule has 2 aromatic rings. The van der Waals surface area contributed by atoms with Crippen LogP contribution in [0.2, 0.25) is 0 Å². The van der Waals surface area contributed by atoms with Gasteiger partial charge in [0.25, 0.3) is 20.0 Å². The quantitative estimate of drug-likeness (QED) is 0.697. The topological polar surface area (TPSA) is 74.8 Å². The van der Waals surface area contributed by atoms with E-state index in [1.165, 1.54) is 26.2 Å². The molecule has 0 fully saturated rings. The summed E-state index contributed by atoms with van der Waals surface area (Å²) in [7, 11) is -4.99. The van der Waals surface area contributed by atoms with Crippen LogP contribution in [0.25, 0.3) is 0 Å². The number of sulfonamides is 2. The molecule has 0 saturated heterocycles. The van der Waals surface area contributed by atoms with Crippen LogP contribution in [0, 0.1) is 13.8 Å². The second kappa shape index (κ2) is 7.46. The van der Waals surface area contributed by atoms with Crippen molar-refractivity contribution in [2.24, 2.45) is 0 Å². The second-order valence-electron chi connectivity index (χ2n) is 5.54. The van der Waals surface area contributed by atoms with E-state index in [2.05, 4.69) is 0 Å². The molecule has 0 aromatic heterocycles. The largest absolute Gasteiger partial charge is 0.253 e. The highest BCUT2D eigenvalue weighted by atomic mass is 32.3. The fourth-order valence-electron chi connectivity index (χ4n) is 2.10. The minimum atomic E-state index is -3.82. The summed E-state index contributed by atoms with van der Waals surface area (Å²) in [5, 5.41) is 0. The lowest BCUT2D eigenvalue weighted by Gasteiger charge is -2.22. The minimum Gasteiger partial charge on any atom is -0.206 e. The van der Waals surface area contributed by atoms with Crippen molar-refractivity contribution in [3.63, 3.8) is 0 Å². The van der Waals surface area contributed by atoms with E-state index in [1.807, 2.05) is 0 Å². The molecule has 0 aliphatic carbocycles. The Morgan fingerprint density at radius 3 is 1.40 bits per heavy atom. The maximum absolute atomic E-state index is 12.6. The maximum atomic E-state index is 12.6. The molecule has 0 radical (unpaired) electrons. The normalized spacial score (nSPS) is 12.7. The van der Waals surface area contributed by atoms with Crippen LogP contribution >= 0.6 is 12.1 Å². The van der Waals surface area contributed by atoms with Gasteiger partial charge in [0.2, 0.25) is 0 Å². The van der Waals surface area contributed by atoms with Crippen LogP contribution < -0.4 is 0 Å². The van der Waals surface area contributed by atoms with Crippen molar-refractivity contribution in [1.82, 2.24) is 7.42 Å². The molecule has 0 atom stereocenters. The standard InChI is InChI=1S/C16H20N2O4S3/c1-13-7-5-9-15(11-13)24(19,20)17(3)23-18(4)25(21,22)16-10-6-8-14(2)12-16/h5-12H,1-4H3. The van der Waals surface area contributed by atoms with Gasteiger partial charge in [-0.15, -0.1) is 7.42 Å². The first kappa shape index (κ1) is 19.9. The van der Waals surface area contributed by atoms with Gasteiger partial charge in [0.05, 0.1) is 9.79 Å². The van der Waals surface area contributed by atoms with Crippen molar-refractivity contribution >= 4 is 32.2 Å². The lowest BCUT2D eigenvalue weighted by atomic mass is 10.2. The lowest BCUT2D eigenvalue weighted by molar-refractivity contribution is 0.552. The molecular formula is C16H20N2O4S3. The molecule has 0 spiro atoms. The van der Waals surface area contributed by atoms with E-state index in [-0.39, 0.29) is 9.79 Å². The Morgan fingerprint density at radius 2 is 1.08 bits per heavy atom. The van der Waals surface area contributed by atoms with Gasteiger partial charge in [-0.2, -0.15) is 0 Å². The van der Waals surface area contributed by atoms with E-state index in [9.17, 15) is 16.8 Å². The van der Waals surface area contributed by atoms with E-state index >= 15 is 0 Å². The monoisotopic (exact) mass is 400 g/mol. The van der Waals surface area contributed by atoms with E-state index in [4.69, 9.17) is 0 Å². The second-order valence-corrected chi connectivity index (χ2v) is 11.2. The third-order valence-electron chi connectivity index (χ3n) is 3.48. The summed E-state index contributed by atoms with van der Waals surface area (Å²) in [6.07, 6.45) is 0. The highest BCUT2D eigenvalue weighted by Crippen LogP contribution is 2.28. The Hall–Kier alpha value is -1.39. The molecule has 9 heteroatoms. The van der Waals surface area contributed by atoms with Crippen molar-refractivity contribution in [3.8, 4) is 0 Å². The molecule has 0 heterocycles. The highest BCUT2D eigenvalue weighted by molar-refractivity contribution is 8.13. The molecular weight excluding hydrogens is 380 g/mol. The van der Waals surface area contributed by atoms with Gasteiger partial charge in [-0.1, -0.05) is 24.3 Å². The van der Waals surface area contributed by atoms with Crippen LogP contribution in [0.4, 0.5) is 0 Å². The fourth-order valence-corrected chi connectivity index (χ4v) is 6.13. The van der Waals surface area contributed by atoms with Gasteiger partial charge in [-0.25, -0.2) is 16.8 Å². The van der Waals surface area contributed by atoms with E-state index in [1.54, 1.807) is 50.2 Å². The summed E-state index contributed by atoms with van der Waals surface area (Å²) in [4.78, 5) is 0.229. The number of hydrogen-bond acceptors (Lipinski definition) is 5. The third-order valence-corrected chi connectivity index (χ3v) is 8.57. The Morgan fingerprint density at radius 1 is 0.720 bits per heavy atom. The molecule has 6 nitrogen and oxygen atoms in total. The molecule has 0 saturated carbocycles. The van der Waals surface area contributed by atoms with Crippen LogP contribution in [-0.4, -0.2) is 38.4 Å². The van der Waals surface area contributed by atoms with E-state index < -0.39 is 20.0 Å². The van der Waals surface area contributed by atoms with Crippen molar-refractivity contribution < 1.29 is 16.8 Å². The molecule has 2 rings (SSSR count). The highest BCUT2D eigenvalue weighted by Gasteiger charge is 2.29. The van der Waals surface area contributed by atoms with Crippen LogP contribution in [0.1, 0.15) is 11.1 Å². The maximum Gasteiger partial charge on any atom is 0.253 e. The average molecular weight is 401 g/mol. The zero-order valence-corrected chi connectivity index (χ0v) is 16.8.